The zero-order valence-corrected chi connectivity index (χ0v) is 17.8. The van der Waals surface area contributed by atoms with Crippen LogP contribution in [0.1, 0.15) is 51.5 Å². The van der Waals surface area contributed by atoms with Gasteiger partial charge in [0.1, 0.15) is 5.58 Å². The Labute approximate surface area is 178 Å². The normalized spacial score (nSPS) is 13.8. The Balaban J connectivity index is 1.38. The number of rotatable bonds is 7. The molecule has 30 heavy (non-hydrogen) atoms. The lowest BCUT2D eigenvalue weighted by molar-refractivity contribution is -0.145. The molecule has 1 atom stereocenters. The van der Waals surface area contributed by atoms with Crippen molar-refractivity contribution in [3.05, 3.63) is 57.0 Å². The van der Waals surface area contributed by atoms with Crippen molar-refractivity contribution in [1.29, 1.82) is 0 Å². The van der Waals surface area contributed by atoms with Crippen LogP contribution in [-0.4, -0.2) is 23.8 Å². The van der Waals surface area contributed by atoms with Gasteiger partial charge < -0.3 is 14.5 Å². The molecule has 0 bridgehead atoms. The molecular weight excluding hydrogens is 402 g/mol. The summed E-state index contributed by atoms with van der Waals surface area (Å²) in [5.41, 5.74) is 4.19. The molecule has 1 N–H and O–H groups in total. The summed E-state index contributed by atoms with van der Waals surface area (Å²) < 4.78 is 11.0. The van der Waals surface area contributed by atoms with Gasteiger partial charge in [-0.1, -0.05) is 0 Å². The van der Waals surface area contributed by atoms with E-state index in [0.717, 1.165) is 40.7 Å². The van der Waals surface area contributed by atoms with Crippen molar-refractivity contribution < 1.29 is 23.5 Å². The number of Topliss-reactive ketones (excluding diaryl/α,β-unsaturated/α-hetero) is 1. The number of benzene rings is 1. The number of hydrogen-bond acceptors (Lipinski definition) is 6. The Kier molecular flexibility index (Phi) is 5.72. The van der Waals surface area contributed by atoms with Crippen molar-refractivity contribution in [2.75, 3.05) is 0 Å². The molecule has 4 rings (SSSR count). The Morgan fingerprint density at radius 1 is 1.20 bits per heavy atom. The molecule has 1 aliphatic carbocycles. The van der Waals surface area contributed by atoms with Crippen LogP contribution in [-0.2, 0) is 40.1 Å². The zero-order valence-electron chi connectivity index (χ0n) is 16.9. The summed E-state index contributed by atoms with van der Waals surface area (Å²) in [6.45, 7) is 3.39. The quantitative estimate of drug-likeness (QED) is 0.457. The van der Waals surface area contributed by atoms with Gasteiger partial charge in [0.05, 0.1) is 24.1 Å². The standard InChI is InChI=1S/C23H23NO5S/c1-13(23(27)21-7-6-18(30-21)11-24-14(2)25)29-22(26)10-17-12-28-20-9-16-5-3-4-15(16)8-19(17)20/h6-9,12-13H,3-5,10-11H2,1-2H3,(H,24,25). The number of amides is 1. The first-order chi connectivity index (χ1) is 14.4. The van der Waals surface area contributed by atoms with Crippen molar-refractivity contribution >= 4 is 40.0 Å². The van der Waals surface area contributed by atoms with Crippen LogP contribution in [0.25, 0.3) is 11.0 Å². The third-order valence-electron chi connectivity index (χ3n) is 5.30. The van der Waals surface area contributed by atoms with Crippen LogP contribution in [0.5, 0.6) is 0 Å². The first-order valence-electron chi connectivity index (χ1n) is 9.99. The van der Waals surface area contributed by atoms with Crippen molar-refractivity contribution in [2.45, 2.75) is 52.2 Å². The third-order valence-corrected chi connectivity index (χ3v) is 6.40. The SMILES string of the molecule is CC(=O)NCc1ccc(C(=O)C(C)OC(=O)Cc2coc3cc4c(cc23)CCC4)s1. The summed E-state index contributed by atoms with van der Waals surface area (Å²) in [6, 6.07) is 7.66. The van der Waals surface area contributed by atoms with Gasteiger partial charge in [0.15, 0.2) is 6.10 Å². The molecule has 0 fully saturated rings. The third kappa shape index (κ3) is 4.31. The van der Waals surface area contributed by atoms with Gasteiger partial charge in [0, 0.05) is 22.8 Å². The van der Waals surface area contributed by atoms with Crippen LogP contribution in [0, 0.1) is 0 Å². The molecule has 2 aromatic heterocycles. The van der Waals surface area contributed by atoms with E-state index in [2.05, 4.69) is 17.4 Å². The number of ketones is 1. The molecule has 1 aromatic carbocycles. The van der Waals surface area contributed by atoms with Crippen LogP contribution in [0.15, 0.2) is 34.9 Å². The number of carbonyl (C=O) groups excluding carboxylic acids is 3. The average molecular weight is 426 g/mol. The van der Waals surface area contributed by atoms with Crippen LogP contribution in [0.3, 0.4) is 0 Å². The monoisotopic (exact) mass is 425 g/mol. The fourth-order valence-corrected chi connectivity index (χ4v) is 4.72. The zero-order chi connectivity index (χ0) is 21.3. The Hall–Kier alpha value is -2.93. The average Bonchev–Trinajstić information content (AvgIpc) is 3.44. The van der Waals surface area contributed by atoms with Gasteiger partial charge in [-0.25, -0.2) is 0 Å². The molecule has 0 radical (unpaired) electrons. The number of hydrogen-bond donors (Lipinski definition) is 1. The van der Waals surface area contributed by atoms with E-state index in [1.165, 1.54) is 29.4 Å². The highest BCUT2D eigenvalue weighted by Gasteiger charge is 2.23. The first-order valence-corrected chi connectivity index (χ1v) is 10.8. The second-order valence-corrected chi connectivity index (χ2v) is 8.75. The lowest BCUT2D eigenvalue weighted by atomic mass is 10.0. The predicted molar refractivity (Wildman–Crippen MR) is 114 cm³/mol. The topological polar surface area (TPSA) is 85.6 Å². The van der Waals surface area contributed by atoms with Gasteiger partial charge in [-0.3, -0.25) is 14.4 Å². The molecule has 156 valence electrons. The maximum atomic E-state index is 12.6. The Morgan fingerprint density at radius 3 is 2.73 bits per heavy atom. The summed E-state index contributed by atoms with van der Waals surface area (Å²) in [6.07, 6.45) is 4.04. The highest BCUT2D eigenvalue weighted by atomic mass is 32.1. The van der Waals surface area contributed by atoms with Crippen LogP contribution < -0.4 is 5.32 Å². The summed E-state index contributed by atoms with van der Waals surface area (Å²) in [5.74, 6) is -0.846. The van der Waals surface area contributed by atoms with Crippen molar-refractivity contribution in [3.63, 3.8) is 0 Å². The molecule has 7 heteroatoms. The maximum Gasteiger partial charge on any atom is 0.311 e. The summed E-state index contributed by atoms with van der Waals surface area (Å²) in [5, 5.41) is 3.63. The molecule has 0 saturated carbocycles. The second-order valence-electron chi connectivity index (χ2n) is 7.58. The number of nitrogens with one attached hydrogen (secondary N) is 1. The number of carbonyl (C=O) groups is 3. The summed E-state index contributed by atoms with van der Waals surface area (Å²) >= 11 is 1.29. The number of esters is 1. The van der Waals surface area contributed by atoms with E-state index >= 15 is 0 Å². The highest BCUT2D eigenvalue weighted by molar-refractivity contribution is 7.14. The molecule has 1 aliphatic rings. The molecular formula is C23H23NO5S. The number of fused-ring (bicyclic) bond motifs is 2. The van der Waals surface area contributed by atoms with E-state index in [0.29, 0.717) is 11.4 Å². The summed E-state index contributed by atoms with van der Waals surface area (Å²) in [4.78, 5) is 37.4. The molecule has 3 aromatic rings. The van der Waals surface area contributed by atoms with Gasteiger partial charge in [0.25, 0.3) is 0 Å². The minimum Gasteiger partial charge on any atom is -0.464 e. The van der Waals surface area contributed by atoms with Crippen molar-refractivity contribution in [2.24, 2.45) is 0 Å². The molecule has 0 aliphatic heterocycles. The fourth-order valence-electron chi connectivity index (χ4n) is 3.75. The number of ether oxygens (including phenoxy) is 1. The Bertz CT molecular complexity index is 1130. The molecule has 1 unspecified atom stereocenters. The molecule has 0 spiro atoms. The second kappa shape index (κ2) is 8.44. The number of aryl methyl sites for hydroxylation is 2. The minimum atomic E-state index is -0.882. The summed E-state index contributed by atoms with van der Waals surface area (Å²) in [7, 11) is 0. The Morgan fingerprint density at radius 2 is 1.97 bits per heavy atom. The van der Waals surface area contributed by atoms with E-state index in [9.17, 15) is 14.4 Å². The molecule has 6 nitrogen and oxygen atoms in total. The van der Waals surface area contributed by atoms with E-state index in [4.69, 9.17) is 9.15 Å². The predicted octanol–water partition coefficient (Wildman–Crippen LogP) is 3.98. The van der Waals surface area contributed by atoms with Crippen molar-refractivity contribution in [3.8, 4) is 0 Å². The fraction of sp³-hybridized carbons (Fsp3) is 0.348. The highest BCUT2D eigenvalue weighted by Crippen LogP contribution is 2.30. The molecule has 0 saturated heterocycles. The van der Waals surface area contributed by atoms with Crippen LogP contribution in [0.4, 0.5) is 0 Å². The van der Waals surface area contributed by atoms with E-state index in [1.54, 1.807) is 25.3 Å². The van der Waals surface area contributed by atoms with Gasteiger partial charge in [0.2, 0.25) is 11.7 Å². The smallest absolute Gasteiger partial charge is 0.311 e. The van der Waals surface area contributed by atoms with Gasteiger partial charge in [-0.15, -0.1) is 11.3 Å². The van der Waals surface area contributed by atoms with Gasteiger partial charge in [-0.2, -0.15) is 0 Å². The van der Waals surface area contributed by atoms with E-state index in [1.807, 2.05) is 0 Å². The van der Waals surface area contributed by atoms with Crippen molar-refractivity contribution in [1.82, 2.24) is 5.32 Å². The lowest BCUT2D eigenvalue weighted by Gasteiger charge is -2.11. The number of furan rings is 1. The van der Waals surface area contributed by atoms with Gasteiger partial charge in [-0.05, 0) is 61.6 Å². The van der Waals surface area contributed by atoms with E-state index < -0.39 is 12.1 Å². The first kappa shape index (κ1) is 20.3. The largest absolute Gasteiger partial charge is 0.464 e. The lowest BCUT2D eigenvalue weighted by Crippen LogP contribution is -2.24. The van der Waals surface area contributed by atoms with E-state index in [-0.39, 0.29) is 18.1 Å². The van der Waals surface area contributed by atoms with Crippen LogP contribution >= 0.6 is 11.3 Å². The number of thiophene rings is 1. The van der Waals surface area contributed by atoms with Crippen LogP contribution in [0.2, 0.25) is 0 Å². The molecule has 2 heterocycles. The molecule has 1 amide bonds. The maximum absolute atomic E-state index is 12.6. The minimum absolute atomic E-state index is 0.0572. The van der Waals surface area contributed by atoms with Gasteiger partial charge >= 0.3 is 5.97 Å².